The zero-order valence-corrected chi connectivity index (χ0v) is 17.6. The van der Waals surface area contributed by atoms with Crippen molar-refractivity contribution in [3.63, 3.8) is 0 Å². The van der Waals surface area contributed by atoms with Gasteiger partial charge in [0.15, 0.2) is 11.5 Å². The molecule has 2 aromatic heterocycles. The van der Waals surface area contributed by atoms with Crippen LogP contribution in [0, 0.1) is 0 Å². The van der Waals surface area contributed by atoms with E-state index in [2.05, 4.69) is 21.4 Å². The Balaban J connectivity index is 1.69. The van der Waals surface area contributed by atoms with E-state index in [-0.39, 0.29) is 18.2 Å². The number of nitrogens with zero attached hydrogens (tertiary/aromatic N) is 1. The second-order valence-electron chi connectivity index (χ2n) is 7.27. The summed E-state index contributed by atoms with van der Waals surface area (Å²) < 4.78 is 11.2. The Morgan fingerprint density at radius 2 is 1.90 bits per heavy atom. The van der Waals surface area contributed by atoms with E-state index in [0.29, 0.717) is 18.0 Å². The Morgan fingerprint density at radius 3 is 2.68 bits per heavy atom. The van der Waals surface area contributed by atoms with Crippen LogP contribution < -0.4 is 14.8 Å². The van der Waals surface area contributed by atoms with Crippen molar-refractivity contribution in [1.29, 1.82) is 0 Å². The second kappa shape index (κ2) is 9.34. The van der Waals surface area contributed by atoms with Gasteiger partial charge in [0.25, 0.3) is 0 Å². The fraction of sp³-hybridized carbons (Fsp3) is 0.200. The Morgan fingerprint density at radius 1 is 1.03 bits per heavy atom. The molecule has 0 aliphatic heterocycles. The van der Waals surface area contributed by atoms with E-state index in [1.165, 1.54) is 0 Å². The first-order valence-corrected chi connectivity index (χ1v) is 10.1. The van der Waals surface area contributed by atoms with Crippen molar-refractivity contribution in [2.45, 2.75) is 18.9 Å². The zero-order valence-electron chi connectivity index (χ0n) is 17.6. The number of aromatic amines is 1. The minimum absolute atomic E-state index is 0.0518. The van der Waals surface area contributed by atoms with E-state index >= 15 is 0 Å². The molecule has 0 unspecified atom stereocenters. The van der Waals surface area contributed by atoms with Crippen LogP contribution in [0.5, 0.6) is 11.5 Å². The molecule has 4 rings (SSSR count). The number of ether oxygens (including phenoxy) is 2. The number of para-hydroxylation sites is 2. The quantitative estimate of drug-likeness (QED) is 0.447. The van der Waals surface area contributed by atoms with Crippen LogP contribution >= 0.6 is 0 Å². The molecule has 0 bridgehead atoms. The summed E-state index contributed by atoms with van der Waals surface area (Å²) in [5, 5.41) is 4.10. The molecule has 0 fully saturated rings. The number of carbonyl (C=O) groups excluding carboxylic acids is 1. The molecule has 158 valence electrons. The van der Waals surface area contributed by atoms with Crippen LogP contribution in [0.2, 0.25) is 0 Å². The summed E-state index contributed by atoms with van der Waals surface area (Å²) in [6, 6.07) is 17.7. The standard InChI is InChI=1S/C25H25N3O3/c1-30-23-11-5-9-19(25(23)31-2)20(21-16-27-22-10-4-3-8-18(21)22)13-24(29)28-15-17-7-6-12-26-14-17/h3-12,14,16,20,27H,13,15H2,1-2H3,(H,28,29)/t20-/m0/s1. The first-order chi connectivity index (χ1) is 15.2. The summed E-state index contributed by atoms with van der Waals surface area (Å²) in [7, 11) is 3.24. The Labute approximate surface area is 181 Å². The Hall–Kier alpha value is -3.80. The van der Waals surface area contributed by atoms with Gasteiger partial charge in [-0.1, -0.05) is 36.4 Å². The molecule has 6 nitrogen and oxygen atoms in total. The smallest absolute Gasteiger partial charge is 0.221 e. The first kappa shape index (κ1) is 20.5. The van der Waals surface area contributed by atoms with Crippen molar-refractivity contribution < 1.29 is 14.3 Å². The summed E-state index contributed by atoms with van der Waals surface area (Å²) in [5.41, 5.74) is 3.93. The van der Waals surface area contributed by atoms with Crippen molar-refractivity contribution >= 4 is 16.8 Å². The average Bonchev–Trinajstić information content (AvgIpc) is 3.25. The lowest BCUT2D eigenvalue weighted by Gasteiger charge is -2.21. The molecule has 0 saturated carbocycles. The number of H-pyrrole nitrogens is 1. The van der Waals surface area contributed by atoms with Gasteiger partial charge in [0.1, 0.15) is 0 Å². The molecular formula is C25H25N3O3. The monoisotopic (exact) mass is 415 g/mol. The van der Waals surface area contributed by atoms with E-state index in [1.54, 1.807) is 26.6 Å². The van der Waals surface area contributed by atoms with Crippen LogP contribution in [0.25, 0.3) is 10.9 Å². The van der Waals surface area contributed by atoms with Crippen molar-refractivity contribution in [2.24, 2.45) is 0 Å². The molecule has 31 heavy (non-hydrogen) atoms. The molecule has 0 radical (unpaired) electrons. The number of amides is 1. The lowest BCUT2D eigenvalue weighted by Crippen LogP contribution is -2.25. The normalized spacial score (nSPS) is 11.8. The minimum atomic E-state index is -0.213. The van der Waals surface area contributed by atoms with E-state index in [0.717, 1.165) is 27.6 Å². The van der Waals surface area contributed by atoms with Crippen LogP contribution in [0.1, 0.15) is 29.0 Å². The van der Waals surface area contributed by atoms with Crippen molar-refractivity contribution in [3.05, 3.63) is 89.9 Å². The number of pyridine rings is 1. The third kappa shape index (κ3) is 4.38. The van der Waals surface area contributed by atoms with E-state index in [9.17, 15) is 4.79 Å². The maximum absolute atomic E-state index is 13.0. The fourth-order valence-corrected chi connectivity index (χ4v) is 3.92. The number of aromatic nitrogens is 2. The third-order valence-corrected chi connectivity index (χ3v) is 5.41. The number of hydrogen-bond acceptors (Lipinski definition) is 4. The lowest BCUT2D eigenvalue weighted by molar-refractivity contribution is -0.121. The van der Waals surface area contributed by atoms with Crippen LogP contribution in [-0.4, -0.2) is 30.1 Å². The van der Waals surface area contributed by atoms with Crippen LogP contribution in [0.4, 0.5) is 0 Å². The lowest BCUT2D eigenvalue weighted by atomic mass is 9.87. The average molecular weight is 415 g/mol. The number of benzene rings is 2. The van der Waals surface area contributed by atoms with Gasteiger partial charge in [-0.05, 0) is 29.3 Å². The molecule has 2 aromatic carbocycles. The first-order valence-electron chi connectivity index (χ1n) is 10.1. The summed E-state index contributed by atoms with van der Waals surface area (Å²) in [4.78, 5) is 20.4. The highest BCUT2D eigenvalue weighted by Gasteiger charge is 2.26. The van der Waals surface area contributed by atoms with E-state index in [1.807, 2.05) is 54.7 Å². The van der Waals surface area contributed by atoms with Gasteiger partial charge in [-0.3, -0.25) is 9.78 Å². The SMILES string of the molecule is COc1cccc([C@H](CC(=O)NCc2cccnc2)c2c[nH]c3ccccc23)c1OC. The van der Waals surface area contributed by atoms with Gasteiger partial charge in [-0.25, -0.2) is 0 Å². The van der Waals surface area contributed by atoms with E-state index in [4.69, 9.17) is 9.47 Å². The summed E-state index contributed by atoms with van der Waals surface area (Å²) in [5.74, 6) is 1.01. The number of hydrogen-bond donors (Lipinski definition) is 2. The van der Waals surface area contributed by atoms with Gasteiger partial charge in [0, 0.05) is 53.9 Å². The van der Waals surface area contributed by atoms with Gasteiger partial charge in [-0.2, -0.15) is 0 Å². The van der Waals surface area contributed by atoms with Crippen LogP contribution in [-0.2, 0) is 11.3 Å². The number of fused-ring (bicyclic) bond motifs is 1. The summed E-state index contributed by atoms with van der Waals surface area (Å²) in [6.45, 7) is 0.433. The van der Waals surface area contributed by atoms with Gasteiger partial charge >= 0.3 is 0 Å². The number of carbonyl (C=O) groups is 1. The number of methoxy groups -OCH3 is 2. The summed E-state index contributed by atoms with van der Waals surface area (Å²) in [6.07, 6.45) is 5.71. The molecule has 2 N–H and O–H groups in total. The molecule has 0 aliphatic rings. The molecule has 1 atom stereocenters. The molecule has 2 heterocycles. The third-order valence-electron chi connectivity index (χ3n) is 5.41. The van der Waals surface area contributed by atoms with Crippen molar-refractivity contribution in [2.75, 3.05) is 14.2 Å². The second-order valence-corrected chi connectivity index (χ2v) is 7.27. The largest absolute Gasteiger partial charge is 0.493 e. The molecule has 0 aliphatic carbocycles. The molecule has 0 saturated heterocycles. The molecule has 6 heteroatoms. The highest BCUT2D eigenvalue weighted by atomic mass is 16.5. The van der Waals surface area contributed by atoms with Crippen LogP contribution in [0.3, 0.4) is 0 Å². The number of nitrogens with one attached hydrogen (secondary N) is 2. The van der Waals surface area contributed by atoms with Gasteiger partial charge < -0.3 is 19.8 Å². The highest BCUT2D eigenvalue weighted by molar-refractivity contribution is 5.86. The number of rotatable bonds is 8. The van der Waals surface area contributed by atoms with E-state index < -0.39 is 0 Å². The maximum Gasteiger partial charge on any atom is 0.221 e. The van der Waals surface area contributed by atoms with Gasteiger partial charge in [0.05, 0.1) is 14.2 Å². The molecule has 0 spiro atoms. The molecular weight excluding hydrogens is 390 g/mol. The highest BCUT2D eigenvalue weighted by Crippen LogP contribution is 2.41. The Bertz CT molecular complexity index is 1170. The molecule has 4 aromatic rings. The zero-order chi connectivity index (χ0) is 21.6. The van der Waals surface area contributed by atoms with Gasteiger partial charge in [0.2, 0.25) is 5.91 Å². The maximum atomic E-state index is 13.0. The molecule has 1 amide bonds. The minimum Gasteiger partial charge on any atom is -0.493 e. The van der Waals surface area contributed by atoms with Crippen molar-refractivity contribution in [1.82, 2.24) is 15.3 Å². The van der Waals surface area contributed by atoms with Gasteiger partial charge in [-0.15, -0.1) is 0 Å². The van der Waals surface area contributed by atoms with Crippen molar-refractivity contribution in [3.8, 4) is 11.5 Å². The predicted molar refractivity (Wildman–Crippen MR) is 120 cm³/mol. The predicted octanol–water partition coefficient (Wildman–Crippen LogP) is 4.42. The fourth-order valence-electron chi connectivity index (χ4n) is 3.92. The summed E-state index contributed by atoms with van der Waals surface area (Å²) >= 11 is 0. The topological polar surface area (TPSA) is 76.2 Å². The Kier molecular flexibility index (Phi) is 6.17. The van der Waals surface area contributed by atoms with Crippen LogP contribution in [0.15, 0.2) is 73.2 Å².